The van der Waals surface area contributed by atoms with E-state index >= 15 is 0 Å². The summed E-state index contributed by atoms with van der Waals surface area (Å²) in [5, 5.41) is 5.60. The molecule has 0 unspecified atom stereocenters. The van der Waals surface area contributed by atoms with E-state index in [1.165, 1.54) is 16.5 Å². The molecule has 10 aromatic rings. The minimum absolute atomic E-state index is 0.595. The molecule has 0 radical (unpaired) electrons. The summed E-state index contributed by atoms with van der Waals surface area (Å²) in [6.45, 7) is 0. The van der Waals surface area contributed by atoms with Crippen molar-refractivity contribution in [1.82, 2.24) is 24.9 Å². The summed E-state index contributed by atoms with van der Waals surface area (Å²) < 4.78 is 0. The highest BCUT2D eigenvalue weighted by Gasteiger charge is 2.16. The highest BCUT2D eigenvalue weighted by atomic mass is 15.0. The second-order valence-corrected chi connectivity index (χ2v) is 13.4. The first-order chi connectivity index (χ1) is 26.7. The zero-order valence-corrected chi connectivity index (χ0v) is 29.1. The summed E-state index contributed by atoms with van der Waals surface area (Å²) in [6, 6.07) is 64.8. The monoisotopic (exact) mass is 689 g/mol. The number of fused-ring (bicyclic) bond motifs is 3. The van der Waals surface area contributed by atoms with Crippen LogP contribution in [0.4, 0.5) is 0 Å². The second kappa shape index (κ2) is 13.3. The first-order valence-corrected chi connectivity index (χ1v) is 18.0. The van der Waals surface area contributed by atoms with E-state index in [2.05, 4.69) is 133 Å². The van der Waals surface area contributed by atoms with Crippen LogP contribution in [0.2, 0.25) is 0 Å². The quantitative estimate of drug-likeness (QED) is 0.174. The van der Waals surface area contributed by atoms with E-state index < -0.39 is 0 Å². The fourth-order valence-electron chi connectivity index (χ4n) is 7.08. The molecule has 0 fully saturated rings. The van der Waals surface area contributed by atoms with Gasteiger partial charge in [0.1, 0.15) is 0 Å². The molecular formula is C49H31N5. The van der Waals surface area contributed by atoms with Crippen molar-refractivity contribution in [3.63, 3.8) is 0 Å². The molecule has 10 rings (SSSR count). The van der Waals surface area contributed by atoms with E-state index in [0.717, 1.165) is 60.6 Å². The molecular weight excluding hydrogens is 659 g/mol. The third-order valence-electron chi connectivity index (χ3n) is 9.90. The van der Waals surface area contributed by atoms with E-state index in [9.17, 15) is 0 Å². The molecule has 5 heteroatoms. The lowest BCUT2D eigenvalue weighted by atomic mass is 9.99. The van der Waals surface area contributed by atoms with Crippen LogP contribution < -0.4 is 0 Å². The van der Waals surface area contributed by atoms with Crippen LogP contribution in [0.15, 0.2) is 188 Å². The Morgan fingerprint density at radius 2 is 0.685 bits per heavy atom. The molecule has 54 heavy (non-hydrogen) atoms. The van der Waals surface area contributed by atoms with Crippen molar-refractivity contribution in [3.8, 4) is 67.9 Å². The number of aromatic nitrogens is 5. The minimum atomic E-state index is 0.595. The van der Waals surface area contributed by atoms with E-state index in [4.69, 9.17) is 24.9 Å². The van der Waals surface area contributed by atoms with Gasteiger partial charge in [-0.25, -0.2) is 24.9 Å². The Morgan fingerprint density at radius 1 is 0.241 bits per heavy atom. The number of benzene rings is 8. The van der Waals surface area contributed by atoms with Gasteiger partial charge >= 0.3 is 0 Å². The van der Waals surface area contributed by atoms with Crippen molar-refractivity contribution < 1.29 is 0 Å². The molecule has 5 nitrogen and oxygen atoms in total. The molecule has 0 aliphatic heterocycles. The third kappa shape index (κ3) is 5.94. The third-order valence-corrected chi connectivity index (χ3v) is 9.90. The predicted octanol–water partition coefficient (Wildman–Crippen LogP) is 12.1. The Kier molecular flexibility index (Phi) is 7.73. The summed E-state index contributed by atoms with van der Waals surface area (Å²) in [4.78, 5) is 25.3. The van der Waals surface area contributed by atoms with Gasteiger partial charge in [0.25, 0.3) is 0 Å². The van der Waals surface area contributed by atoms with Gasteiger partial charge in [-0.3, -0.25) is 0 Å². The average molecular weight is 690 g/mol. The second-order valence-electron chi connectivity index (χ2n) is 13.4. The van der Waals surface area contributed by atoms with Crippen LogP contribution in [-0.4, -0.2) is 24.9 Å². The lowest BCUT2D eigenvalue weighted by Crippen LogP contribution is -2.00. The minimum Gasteiger partial charge on any atom is -0.228 e. The Balaban J connectivity index is 1.08. The zero-order valence-electron chi connectivity index (χ0n) is 29.1. The number of nitrogens with zero attached hydrogens (tertiary/aromatic N) is 5. The van der Waals surface area contributed by atoms with Gasteiger partial charge in [-0.2, -0.15) is 0 Å². The molecule has 2 heterocycles. The maximum atomic E-state index is 5.09. The molecule has 0 aliphatic rings. The van der Waals surface area contributed by atoms with Gasteiger partial charge in [0, 0.05) is 33.2 Å². The molecule has 252 valence electrons. The van der Waals surface area contributed by atoms with Gasteiger partial charge < -0.3 is 0 Å². The van der Waals surface area contributed by atoms with Crippen molar-refractivity contribution >= 4 is 32.4 Å². The standard InChI is InChI=1S/C49H31N5/c1-3-11-32(12-4-1)39-26-19-34-21-28-41(31-42(34)30-39)49-53-47(52-48(54-49)40-27-20-33-13-7-8-16-38(33)29-40)37-24-22-36(23-25-37)46-50-44-18-10-9-17-43(44)45(51-46)35-14-5-2-6-15-35/h1-31H. The average Bonchev–Trinajstić information content (AvgIpc) is 3.26. The lowest BCUT2D eigenvalue weighted by molar-refractivity contribution is 1.07. The Labute approximate surface area is 312 Å². The lowest BCUT2D eigenvalue weighted by Gasteiger charge is -2.11. The SMILES string of the molecule is c1ccc(-c2ccc3ccc(-c4nc(-c5ccc(-c6nc(-c7ccccc7)c7ccccc7n6)cc5)nc(-c5ccc6ccccc6c5)n4)cc3c2)cc1. The van der Waals surface area contributed by atoms with Crippen molar-refractivity contribution in [1.29, 1.82) is 0 Å². The summed E-state index contributed by atoms with van der Waals surface area (Å²) in [7, 11) is 0. The Bertz CT molecular complexity index is 2980. The number of hydrogen-bond acceptors (Lipinski definition) is 5. The van der Waals surface area contributed by atoms with Gasteiger partial charge in [-0.05, 0) is 56.9 Å². The van der Waals surface area contributed by atoms with Gasteiger partial charge in [0.2, 0.25) is 0 Å². The van der Waals surface area contributed by atoms with E-state index in [1.807, 2.05) is 54.6 Å². The van der Waals surface area contributed by atoms with Crippen LogP contribution in [-0.2, 0) is 0 Å². The molecule has 0 spiro atoms. The molecule has 0 atom stereocenters. The predicted molar refractivity (Wildman–Crippen MR) is 221 cm³/mol. The highest BCUT2D eigenvalue weighted by molar-refractivity contribution is 5.94. The molecule has 0 saturated carbocycles. The molecule has 0 bridgehead atoms. The van der Waals surface area contributed by atoms with Crippen LogP contribution in [0, 0.1) is 0 Å². The zero-order chi connectivity index (χ0) is 35.8. The summed E-state index contributed by atoms with van der Waals surface area (Å²) in [6.07, 6.45) is 0. The molecule has 0 amide bonds. The van der Waals surface area contributed by atoms with Crippen LogP contribution in [0.25, 0.3) is 100 Å². The van der Waals surface area contributed by atoms with Crippen LogP contribution >= 0.6 is 0 Å². The van der Waals surface area contributed by atoms with Gasteiger partial charge in [0.15, 0.2) is 23.3 Å². The van der Waals surface area contributed by atoms with Crippen LogP contribution in [0.5, 0.6) is 0 Å². The first kappa shape index (κ1) is 31.4. The fourth-order valence-corrected chi connectivity index (χ4v) is 7.08. The number of para-hydroxylation sites is 1. The summed E-state index contributed by atoms with van der Waals surface area (Å²) >= 11 is 0. The van der Waals surface area contributed by atoms with Crippen molar-refractivity contribution in [2.75, 3.05) is 0 Å². The van der Waals surface area contributed by atoms with Crippen molar-refractivity contribution in [3.05, 3.63) is 188 Å². The maximum Gasteiger partial charge on any atom is 0.164 e. The molecule has 8 aromatic carbocycles. The van der Waals surface area contributed by atoms with E-state index in [-0.39, 0.29) is 0 Å². The number of hydrogen-bond donors (Lipinski definition) is 0. The molecule has 0 saturated heterocycles. The van der Waals surface area contributed by atoms with Crippen molar-refractivity contribution in [2.45, 2.75) is 0 Å². The highest BCUT2D eigenvalue weighted by Crippen LogP contribution is 2.33. The summed E-state index contributed by atoms with van der Waals surface area (Å²) in [5.74, 6) is 2.49. The smallest absolute Gasteiger partial charge is 0.164 e. The molecule has 0 N–H and O–H groups in total. The Morgan fingerprint density at radius 3 is 1.35 bits per heavy atom. The fraction of sp³-hybridized carbons (Fsp3) is 0. The topological polar surface area (TPSA) is 64.5 Å². The molecule has 2 aromatic heterocycles. The van der Waals surface area contributed by atoms with Crippen LogP contribution in [0.3, 0.4) is 0 Å². The number of rotatable bonds is 6. The van der Waals surface area contributed by atoms with Gasteiger partial charge in [-0.15, -0.1) is 0 Å². The maximum absolute atomic E-state index is 5.09. The largest absolute Gasteiger partial charge is 0.228 e. The van der Waals surface area contributed by atoms with E-state index in [1.54, 1.807) is 0 Å². The summed E-state index contributed by atoms with van der Waals surface area (Å²) in [5.41, 5.74) is 8.86. The molecule has 0 aliphatic carbocycles. The van der Waals surface area contributed by atoms with Gasteiger partial charge in [-0.1, -0.05) is 164 Å². The normalized spacial score (nSPS) is 11.3. The van der Waals surface area contributed by atoms with E-state index in [0.29, 0.717) is 23.3 Å². The van der Waals surface area contributed by atoms with Crippen LogP contribution in [0.1, 0.15) is 0 Å². The van der Waals surface area contributed by atoms with Gasteiger partial charge in [0.05, 0.1) is 11.2 Å². The first-order valence-electron chi connectivity index (χ1n) is 18.0. The Hall–Kier alpha value is -7.37. The van der Waals surface area contributed by atoms with Crippen molar-refractivity contribution in [2.24, 2.45) is 0 Å².